The van der Waals surface area contributed by atoms with Gasteiger partial charge in [-0.2, -0.15) is 5.48 Å². The summed E-state index contributed by atoms with van der Waals surface area (Å²) in [6.07, 6.45) is 10.9. The summed E-state index contributed by atoms with van der Waals surface area (Å²) in [5, 5.41) is 12.0. The fourth-order valence-electron chi connectivity index (χ4n) is 2.04. The molecule has 0 bridgehead atoms. The van der Waals surface area contributed by atoms with Crippen molar-refractivity contribution >= 4 is 11.9 Å². The maximum Gasteiger partial charge on any atom is 0.176 e. The molecule has 0 amide bonds. The van der Waals surface area contributed by atoms with Gasteiger partial charge in [0.1, 0.15) is 5.54 Å². The first-order chi connectivity index (χ1) is 7.35. The van der Waals surface area contributed by atoms with Crippen LogP contribution in [-0.4, -0.2) is 29.0 Å². The van der Waals surface area contributed by atoms with Crippen molar-refractivity contribution in [3.8, 4) is 0 Å². The van der Waals surface area contributed by atoms with Crippen LogP contribution in [0, 0.1) is 0 Å². The SMILES string of the molecule is ONC1N=C2C=CC=C3N=CC=CC32N1. The van der Waals surface area contributed by atoms with Gasteiger partial charge in [0, 0.05) is 6.21 Å². The molecule has 0 aromatic rings. The van der Waals surface area contributed by atoms with E-state index in [1.54, 1.807) is 6.21 Å². The van der Waals surface area contributed by atoms with Crippen LogP contribution in [0.1, 0.15) is 0 Å². The van der Waals surface area contributed by atoms with Crippen molar-refractivity contribution < 1.29 is 5.21 Å². The van der Waals surface area contributed by atoms with Crippen LogP contribution in [0.25, 0.3) is 0 Å². The van der Waals surface area contributed by atoms with Crippen molar-refractivity contribution in [2.75, 3.05) is 0 Å². The van der Waals surface area contributed by atoms with Gasteiger partial charge in [0.05, 0.1) is 11.4 Å². The maximum absolute atomic E-state index is 8.87. The molecule has 76 valence electrons. The van der Waals surface area contributed by atoms with Gasteiger partial charge < -0.3 is 5.21 Å². The van der Waals surface area contributed by atoms with Crippen LogP contribution in [0.15, 0.2) is 46.1 Å². The molecule has 0 fully saturated rings. The Bertz CT molecular complexity index is 446. The molecular weight excluding hydrogens is 192 g/mol. The second kappa shape index (κ2) is 2.96. The molecule has 1 aliphatic carbocycles. The summed E-state index contributed by atoms with van der Waals surface area (Å²) in [5.74, 6) is 0. The predicted octanol–water partition coefficient (Wildman–Crippen LogP) is 0.126. The number of aliphatic imine (C=N–C) groups is 2. The van der Waals surface area contributed by atoms with Gasteiger partial charge in [0.25, 0.3) is 0 Å². The van der Waals surface area contributed by atoms with Gasteiger partial charge in [0.15, 0.2) is 6.29 Å². The average Bonchev–Trinajstić information content (AvgIpc) is 2.65. The zero-order valence-corrected chi connectivity index (χ0v) is 7.88. The van der Waals surface area contributed by atoms with Crippen LogP contribution in [0.2, 0.25) is 0 Å². The highest BCUT2D eigenvalue weighted by molar-refractivity contribution is 6.10. The Balaban J connectivity index is 2.11. The van der Waals surface area contributed by atoms with Crippen molar-refractivity contribution in [2.24, 2.45) is 9.98 Å². The smallest absolute Gasteiger partial charge is 0.176 e. The summed E-state index contributed by atoms with van der Waals surface area (Å²) in [5.41, 5.74) is 3.39. The van der Waals surface area contributed by atoms with E-state index in [0.29, 0.717) is 0 Å². The van der Waals surface area contributed by atoms with Gasteiger partial charge >= 0.3 is 0 Å². The molecule has 0 saturated heterocycles. The van der Waals surface area contributed by atoms with Gasteiger partial charge in [-0.1, -0.05) is 12.2 Å². The van der Waals surface area contributed by atoms with Gasteiger partial charge in [0.2, 0.25) is 0 Å². The molecule has 1 spiro atoms. The van der Waals surface area contributed by atoms with Crippen LogP contribution in [0.3, 0.4) is 0 Å². The zero-order valence-electron chi connectivity index (χ0n) is 7.88. The number of hydrogen-bond donors (Lipinski definition) is 3. The third kappa shape index (κ3) is 1.08. The van der Waals surface area contributed by atoms with E-state index in [1.807, 2.05) is 30.4 Å². The lowest BCUT2D eigenvalue weighted by Crippen LogP contribution is -2.53. The first-order valence-electron chi connectivity index (χ1n) is 4.71. The monoisotopic (exact) mass is 202 g/mol. The Morgan fingerprint density at radius 2 is 2.40 bits per heavy atom. The van der Waals surface area contributed by atoms with E-state index in [2.05, 4.69) is 20.8 Å². The average molecular weight is 202 g/mol. The minimum atomic E-state index is -0.482. The molecule has 0 aromatic heterocycles. The standard InChI is InChI=1S/C10H10N4O/c15-14-9-12-8-4-1-3-7-10(8,13-9)5-2-6-11-7/h1-6,9,13-15H. The highest BCUT2D eigenvalue weighted by atomic mass is 16.5. The molecule has 3 rings (SSSR count). The maximum atomic E-state index is 8.87. The minimum Gasteiger partial charge on any atom is -0.314 e. The molecule has 5 nitrogen and oxygen atoms in total. The topological polar surface area (TPSA) is 69.0 Å². The molecule has 0 saturated carbocycles. The summed E-state index contributed by atoms with van der Waals surface area (Å²) in [6, 6.07) is 0. The van der Waals surface area contributed by atoms with Crippen molar-refractivity contribution in [3.63, 3.8) is 0 Å². The highest BCUT2D eigenvalue weighted by Gasteiger charge is 2.44. The largest absolute Gasteiger partial charge is 0.314 e. The number of rotatable bonds is 1. The number of nitrogens with one attached hydrogen (secondary N) is 2. The molecule has 2 heterocycles. The van der Waals surface area contributed by atoms with E-state index in [0.717, 1.165) is 11.4 Å². The normalized spacial score (nSPS) is 35.9. The Morgan fingerprint density at radius 1 is 1.47 bits per heavy atom. The lowest BCUT2D eigenvalue weighted by Gasteiger charge is -2.31. The zero-order chi connectivity index (χ0) is 10.3. The van der Waals surface area contributed by atoms with Crippen LogP contribution in [-0.2, 0) is 0 Å². The third-order valence-corrected chi connectivity index (χ3v) is 2.72. The van der Waals surface area contributed by atoms with Crippen LogP contribution in [0.5, 0.6) is 0 Å². The number of hydrogen-bond acceptors (Lipinski definition) is 5. The molecule has 15 heavy (non-hydrogen) atoms. The van der Waals surface area contributed by atoms with Gasteiger partial charge in [-0.3, -0.25) is 15.3 Å². The molecule has 3 N–H and O–H groups in total. The lowest BCUT2D eigenvalue weighted by molar-refractivity contribution is 0.114. The van der Waals surface area contributed by atoms with Crippen molar-refractivity contribution in [1.82, 2.24) is 10.8 Å². The summed E-state index contributed by atoms with van der Waals surface area (Å²) >= 11 is 0. The quantitative estimate of drug-likeness (QED) is 0.529. The molecule has 0 radical (unpaired) electrons. The number of hydroxylamine groups is 1. The summed E-state index contributed by atoms with van der Waals surface area (Å²) in [7, 11) is 0. The predicted molar refractivity (Wildman–Crippen MR) is 56.9 cm³/mol. The Hall–Kier alpha value is -1.56. The molecular formula is C10H10N4O. The first-order valence-corrected chi connectivity index (χ1v) is 4.71. The fourth-order valence-corrected chi connectivity index (χ4v) is 2.04. The summed E-state index contributed by atoms with van der Waals surface area (Å²) in [6.45, 7) is 0. The van der Waals surface area contributed by atoms with E-state index in [4.69, 9.17) is 5.21 Å². The van der Waals surface area contributed by atoms with E-state index >= 15 is 0 Å². The number of nitrogens with zero attached hydrogens (tertiary/aromatic N) is 2. The number of dihydropyridines is 1. The molecule has 2 aliphatic heterocycles. The first kappa shape index (κ1) is 8.72. The number of allylic oxidation sites excluding steroid dienone is 3. The second-order valence-electron chi connectivity index (χ2n) is 3.55. The van der Waals surface area contributed by atoms with E-state index in [9.17, 15) is 0 Å². The van der Waals surface area contributed by atoms with Gasteiger partial charge in [-0.25, -0.2) is 0 Å². The molecule has 0 aromatic carbocycles. The summed E-state index contributed by atoms with van der Waals surface area (Å²) < 4.78 is 0. The van der Waals surface area contributed by atoms with E-state index in [1.165, 1.54) is 0 Å². The lowest BCUT2D eigenvalue weighted by atomic mass is 9.85. The van der Waals surface area contributed by atoms with Crippen LogP contribution >= 0.6 is 0 Å². The van der Waals surface area contributed by atoms with E-state index < -0.39 is 11.8 Å². The van der Waals surface area contributed by atoms with Crippen molar-refractivity contribution in [3.05, 3.63) is 36.1 Å². The molecule has 2 unspecified atom stereocenters. The van der Waals surface area contributed by atoms with Crippen molar-refractivity contribution in [2.45, 2.75) is 11.8 Å². The third-order valence-electron chi connectivity index (χ3n) is 2.72. The minimum absolute atomic E-state index is 0.468. The van der Waals surface area contributed by atoms with Crippen LogP contribution < -0.4 is 10.8 Å². The Labute approximate surface area is 86.6 Å². The van der Waals surface area contributed by atoms with Gasteiger partial charge in [-0.05, 0) is 18.2 Å². The fraction of sp³-hybridized carbons (Fsp3) is 0.200. The molecule has 3 aliphatic rings. The summed E-state index contributed by atoms with van der Waals surface area (Å²) in [4.78, 5) is 8.59. The van der Waals surface area contributed by atoms with Crippen molar-refractivity contribution in [1.29, 1.82) is 0 Å². The highest BCUT2D eigenvalue weighted by Crippen LogP contribution is 2.32. The van der Waals surface area contributed by atoms with Gasteiger partial charge in [-0.15, -0.1) is 0 Å². The molecule has 2 atom stereocenters. The second-order valence-corrected chi connectivity index (χ2v) is 3.55. The Kier molecular flexibility index (Phi) is 1.72. The Morgan fingerprint density at radius 3 is 3.27 bits per heavy atom. The van der Waals surface area contributed by atoms with E-state index in [-0.39, 0.29) is 0 Å². The molecule has 5 heteroatoms. The van der Waals surface area contributed by atoms with Crippen LogP contribution in [0.4, 0.5) is 0 Å².